The monoisotopic (exact) mass is 141 g/mol. The molecule has 0 fully saturated rings. The summed E-state index contributed by atoms with van der Waals surface area (Å²) in [5.74, 6) is -1.19. The summed E-state index contributed by atoms with van der Waals surface area (Å²) in [7, 11) is 0. The Balaban J connectivity index is 0. The highest BCUT2D eigenvalue weighted by Crippen LogP contribution is 1.77. The van der Waals surface area contributed by atoms with E-state index in [-0.39, 0.29) is 5.57 Å². The molecule has 0 N–H and O–H groups in total. The molecule has 0 aromatic carbocycles. The molecular formula is C8H13O2-. The molecule has 0 aromatic rings. The lowest BCUT2D eigenvalue weighted by Gasteiger charge is -1.93. The Bertz CT molecular complexity index is 129. The molecule has 0 amide bonds. The SMILES string of the molecule is C=C(C)C.C=C(C)C(=O)[O-]. The van der Waals surface area contributed by atoms with Crippen LogP contribution in [0.4, 0.5) is 0 Å². The van der Waals surface area contributed by atoms with Crippen molar-refractivity contribution in [3.8, 4) is 0 Å². The van der Waals surface area contributed by atoms with Crippen molar-refractivity contribution >= 4 is 5.97 Å². The second-order valence-electron chi connectivity index (χ2n) is 2.27. The van der Waals surface area contributed by atoms with E-state index < -0.39 is 5.97 Å². The average molecular weight is 141 g/mol. The van der Waals surface area contributed by atoms with Crippen molar-refractivity contribution in [2.45, 2.75) is 20.8 Å². The molecule has 0 aliphatic carbocycles. The molecule has 0 saturated heterocycles. The Morgan fingerprint density at radius 1 is 1.20 bits per heavy atom. The van der Waals surface area contributed by atoms with Crippen LogP contribution < -0.4 is 5.11 Å². The molecule has 0 atom stereocenters. The van der Waals surface area contributed by atoms with Crippen LogP contribution in [0.2, 0.25) is 0 Å². The average Bonchev–Trinajstić information content (AvgIpc) is 1.63. The van der Waals surface area contributed by atoms with Crippen LogP contribution >= 0.6 is 0 Å². The van der Waals surface area contributed by atoms with Crippen LogP contribution in [0.15, 0.2) is 24.3 Å². The lowest BCUT2D eigenvalue weighted by atomic mass is 10.4. The van der Waals surface area contributed by atoms with Gasteiger partial charge >= 0.3 is 0 Å². The highest BCUT2D eigenvalue weighted by molar-refractivity contribution is 5.82. The molecule has 2 heteroatoms. The summed E-state index contributed by atoms with van der Waals surface area (Å²) < 4.78 is 0. The molecule has 0 heterocycles. The number of hydrogen-bond acceptors (Lipinski definition) is 2. The van der Waals surface area contributed by atoms with Gasteiger partial charge in [-0.2, -0.15) is 0 Å². The molecule has 10 heavy (non-hydrogen) atoms. The third-order valence-electron chi connectivity index (χ3n) is 0.348. The number of carbonyl (C=O) groups is 1. The lowest BCUT2D eigenvalue weighted by molar-refractivity contribution is -0.299. The maximum Gasteiger partial charge on any atom is 0.0666 e. The van der Waals surface area contributed by atoms with Gasteiger partial charge in [-0.25, -0.2) is 0 Å². The Labute approximate surface area is 61.9 Å². The summed E-state index contributed by atoms with van der Waals surface area (Å²) in [5.41, 5.74) is 1.23. The molecule has 0 unspecified atom stereocenters. The van der Waals surface area contributed by atoms with Gasteiger partial charge < -0.3 is 9.90 Å². The fourth-order valence-electron chi connectivity index (χ4n) is 0. The standard InChI is InChI=1S/C4H6O2.C4H8/c1-3(2)4(5)6;1-4(2)3/h1H2,2H3,(H,5,6);1H2,2-3H3/p-1. The third kappa shape index (κ3) is 28.3. The highest BCUT2D eigenvalue weighted by Gasteiger charge is 1.76. The Hall–Kier alpha value is -1.05. The Morgan fingerprint density at radius 2 is 1.30 bits per heavy atom. The number of allylic oxidation sites excluding steroid dienone is 1. The van der Waals surface area contributed by atoms with Crippen LogP contribution in [0.25, 0.3) is 0 Å². The molecule has 0 rings (SSSR count). The summed E-state index contributed by atoms with van der Waals surface area (Å²) in [6.07, 6.45) is 0. The van der Waals surface area contributed by atoms with Crippen LogP contribution in [0.5, 0.6) is 0 Å². The van der Waals surface area contributed by atoms with Crippen LogP contribution in [0.1, 0.15) is 20.8 Å². The Kier molecular flexibility index (Phi) is 7.12. The zero-order valence-electron chi connectivity index (χ0n) is 6.73. The van der Waals surface area contributed by atoms with Gasteiger partial charge in [-0.15, -0.1) is 6.58 Å². The van der Waals surface area contributed by atoms with Gasteiger partial charge in [0.2, 0.25) is 0 Å². The minimum absolute atomic E-state index is 0.0648. The minimum Gasteiger partial charge on any atom is -0.545 e. The number of aliphatic carboxylic acids is 1. The van der Waals surface area contributed by atoms with E-state index in [1.54, 1.807) is 0 Å². The second-order valence-corrected chi connectivity index (χ2v) is 2.27. The van der Waals surface area contributed by atoms with Crippen LogP contribution in [0, 0.1) is 0 Å². The van der Waals surface area contributed by atoms with Gasteiger partial charge in [-0.3, -0.25) is 0 Å². The van der Waals surface area contributed by atoms with Crippen LogP contribution in [-0.4, -0.2) is 5.97 Å². The van der Waals surface area contributed by atoms with E-state index in [1.165, 1.54) is 12.5 Å². The molecule has 0 radical (unpaired) electrons. The fraction of sp³-hybridized carbons (Fsp3) is 0.375. The number of carboxylic acids is 1. The molecule has 0 aromatic heterocycles. The Morgan fingerprint density at radius 3 is 1.30 bits per heavy atom. The third-order valence-corrected chi connectivity index (χ3v) is 0.348. The summed E-state index contributed by atoms with van der Waals surface area (Å²) in [4.78, 5) is 9.49. The molecule has 0 spiro atoms. The fourth-order valence-corrected chi connectivity index (χ4v) is 0. The van der Waals surface area contributed by atoms with Crippen LogP contribution in [-0.2, 0) is 4.79 Å². The molecule has 0 aliphatic rings. The molecule has 58 valence electrons. The van der Waals surface area contributed by atoms with E-state index in [1.807, 2.05) is 13.8 Å². The van der Waals surface area contributed by atoms with Gasteiger partial charge in [0, 0.05) is 0 Å². The second kappa shape index (κ2) is 6.08. The van der Waals surface area contributed by atoms with Crippen LogP contribution in [0.3, 0.4) is 0 Å². The largest absolute Gasteiger partial charge is 0.545 e. The lowest BCUT2D eigenvalue weighted by Crippen LogP contribution is -2.22. The quantitative estimate of drug-likeness (QED) is 0.402. The first-order valence-corrected chi connectivity index (χ1v) is 2.87. The van der Waals surface area contributed by atoms with Gasteiger partial charge in [0.1, 0.15) is 0 Å². The first-order chi connectivity index (χ1) is 4.37. The van der Waals surface area contributed by atoms with Crippen molar-refractivity contribution in [2.75, 3.05) is 0 Å². The van der Waals surface area contributed by atoms with E-state index in [9.17, 15) is 9.90 Å². The summed E-state index contributed by atoms with van der Waals surface area (Å²) in [5, 5.41) is 9.49. The van der Waals surface area contributed by atoms with E-state index in [0.717, 1.165) is 0 Å². The molecule has 0 aliphatic heterocycles. The first kappa shape index (κ1) is 11.7. The number of carboxylic acid groups (broad SMARTS) is 1. The number of rotatable bonds is 1. The zero-order chi connectivity index (χ0) is 8.73. The smallest absolute Gasteiger partial charge is 0.0666 e. The molecular weight excluding hydrogens is 128 g/mol. The first-order valence-electron chi connectivity index (χ1n) is 2.87. The molecule has 0 bridgehead atoms. The van der Waals surface area contributed by atoms with E-state index in [0.29, 0.717) is 0 Å². The topological polar surface area (TPSA) is 40.1 Å². The van der Waals surface area contributed by atoms with Gasteiger partial charge in [-0.1, -0.05) is 12.2 Å². The van der Waals surface area contributed by atoms with Crippen molar-refractivity contribution < 1.29 is 9.90 Å². The van der Waals surface area contributed by atoms with Crippen molar-refractivity contribution in [3.05, 3.63) is 24.3 Å². The van der Waals surface area contributed by atoms with Crippen molar-refractivity contribution in [1.29, 1.82) is 0 Å². The van der Waals surface area contributed by atoms with Gasteiger partial charge in [0.25, 0.3) is 0 Å². The minimum atomic E-state index is -1.19. The van der Waals surface area contributed by atoms with E-state index in [4.69, 9.17) is 0 Å². The summed E-state index contributed by atoms with van der Waals surface area (Å²) in [6, 6.07) is 0. The molecule has 0 saturated carbocycles. The van der Waals surface area contributed by atoms with Gasteiger partial charge in [0.15, 0.2) is 0 Å². The van der Waals surface area contributed by atoms with Crippen molar-refractivity contribution in [1.82, 2.24) is 0 Å². The summed E-state index contributed by atoms with van der Waals surface area (Å²) >= 11 is 0. The normalized spacial score (nSPS) is 7.10. The summed E-state index contributed by atoms with van der Waals surface area (Å²) in [6.45, 7) is 12.0. The number of carbonyl (C=O) groups excluding carboxylic acids is 1. The van der Waals surface area contributed by atoms with Crippen molar-refractivity contribution in [2.24, 2.45) is 0 Å². The van der Waals surface area contributed by atoms with Gasteiger partial charge in [0.05, 0.1) is 5.97 Å². The predicted octanol–water partition coefficient (Wildman–Crippen LogP) is 0.895. The molecule has 2 nitrogen and oxygen atoms in total. The van der Waals surface area contributed by atoms with Gasteiger partial charge in [-0.05, 0) is 26.3 Å². The number of hydrogen-bond donors (Lipinski definition) is 0. The maximum absolute atomic E-state index is 9.49. The van der Waals surface area contributed by atoms with E-state index >= 15 is 0 Å². The van der Waals surface area contributed by atoms with E-state index in [2.05, 4.69) is 13.2 Å². The predicted molar refractivity (Wildman–Crippen MR) is 40.3 cm³/mol. The maximum atomic E-state index is 9.49. The highest BCUT2D eigenvalue weighted by atomic mass is 16.4. The van der Waals surface area contributed by atoms with Crippen molar-refractivity contribution in [3.63, 3.8) is 0 Å². The zero-order valence-corrected chi connectivity index (χ0v) is 6.73.